The SMILES string of the molecule is CC(C)C(C(=O)O)(C(=O)O)c1ccccc1.[H-].[H-].[Li+].[Na+]. The van der Waals surface area contributed by atoms with Crippen molar-refractivity contribution in [3.63, 3.8) is 0 Å². The number of hydrogen-bond donors (Lipinski definition) is 2. The van der Waals surface area contributed by atoms with Crippen LogP contribution in [0.15, 0.2) is 30.3 Å². The van der Waals surface area contributed by atoms with E-state index in [4.69, 9.17) is 0 Å². The summed E-state index contributed by atoms with van der Waals surface area (Å²) in [6, 6.07) is 8.06. The van der Waals surface area contributed by atoms with Crippen LogP contribution in [0.2, 0.25) is 0 Å². The van der Waals surface area contributed by atoms with Crippen LogP contribution in [0.5, 0.6) is 0 Å². The molecule has 0 aliphatic rings. The van der Waals surface area contributed by atoms with Crippen LogP contribution in [-0.4, -0.2) is 22.2 Å². The molecule has 90 valence electrons. The fraction of sp³-hybridized carbons (Fsp3) is 0.333. The quantitative estimate of drug-likeness (QED) is 0.424. The summed E-state index contributed by atoms with van der Waals surface area (Å²) in [7, 11) is 0. The molecule has 0 aliphatic carbocycles. The van der Waals surface area contributed by atoms with E-state index in [1.165, 1.54) is 12.1 Å². The van der Waals surface area contributed by atoms with Gasteiger partial charge < -0.3 is 13.1 Å². The normalized spacial score (nSPS) is 10.2. The Balaban J connectivity index is -0.000000320. The van der Waals surface area contributed by atoms with E-state index >= 15 is 0 Å². The molecule has 0 aliphatic heterocycles. The van der Waals surface area contributed by atoms with E-state index in [2.05, 4.69) is 0 Å². The molecule has 0 bridgehead atoms. The number of rotatable bonds is 4. The Labute approximate surface area is 143 Å². The molecule has 2 N–H and O–H groups in total. The third kappa shape index (κ3) is 3.40. The summed E-state index contributed by atoms with van der Waals surface area (Å²) in [6.45, 7) is 3.18. The van der Waals surface area contributed by atoms with Gasteiger partial charge in [-0.2, -0.15) is 0 Å². The van der Waals surface area contributed by atoms with Crippen LogP contribution in [0.1, 0.15) is 22.3 Å². The Hall–Kier alpha value is -0.243. The van der Waals surface area contributed by atoms with E-state index in [9.17, 15) is 19.8 Å². The molecule has 0 atom stereocenters. The van der Waals surface area contributed by atoms with Crippen LogP contribution in [0.4, 0.5) is 0 Å². The summed E-state index contributed by atoms with van der Waals surface area (Å²) in [5.41, 5.74) is -1.58. The summed E-state index contributed by atoms with van der Waals surface area (Å²) in [5, 5.41) is 18.5. The molecule has 0 saturated heterocycles. The van der Waals surface area contributed by atoms with E-state index in [-0.39, 0.29) is 51.3 Å². The van der Waals surface area contributed by atoms with Crippen molar-refractivity contribution in [2.24, 2.45) is 5.92 Å². The molecular formula is C12H16LiNaO4. The zero-order valence-corrected chi connectivity index (χ0v) is 13.2. The minimum atomic E-state index is -1.87. The van der Waals surface area contributed by atoms with E-state index < -0.39 is 23.3 Å². The van der Waals surface area contributed by atoms with E-state index in [1.54, 1.807) is 32.0 Å². The van der Waals surface area contributed by atoms with Gasteiger partial charge in [0.15, 0.2) is 5.41 Å². The van der Waals surface area contributed by atoms with Gasteiger partial charge in [-0.25, -0.2) is 0 Å². The molecule has 0 aromatic heterocycles. The number of carboxylic acid groups (broad SMARTS) is 2. The van der Waals surface area contributed by atoms with Gasteiger partial charge in [0.05, 0.1) is 0 Å². The second kappa shape index (κ2) is 8.03. The topological polar surface area (TPSA) is 74.6 Å². The van der Waals surface area contributed by atoms with E-state index in [1.807, 2.05) is 0 Å². The third-order valence-corrected chi connectivity index (χ3v) is 2.77. The average molecular weight is 254 g/mol. The smallest absolute Gasteiger partial charge is 1.00 e. The van der Waals surface area contributed by atoms with Gasteiger partial charge in [-0.3, -0.25) is 9.59 Å². The van der Waals surface area contributed by atoms with Gasteiger partial charge in [-0.05, 0) is 11.5 Å². The molecule has 0 amide bonds. The maximum absolute atomic E-state index is 11.3. The molecule has 0 fully saturated rings. The van der Waals surface area contributed by atoms with Gasteiger partial charge in [0.2, 0.25) is 0 Å². The van der Waals surface area contributed by atoms with Crippen molar-refractivity contribution in [1.29, 1.82) is 0 Å². The van der Waals surface area contributed by atoms with Crippen LogP contribution in [0.25, 0.3) is 0 Å². The Kier molecular flexibility index (Phi) is 8.96. The maximum atomic E-state index is 11.3. The van der Waals surface area contributed by atoms with Crippen molar-refractivity contribution < 1.29 is 71.1 Å². The number of benzene rings is 1. The number of aliphatic carboxylic acids is 2. The molecule has 1 aromatic carbocycles. The molecule has 0 heterocycles. The molecule has 6 heteroatoms. The zero-order chi connectivity index (χ0) is 12.3. The monoisotopic (exact) mass is 254 g/mol. The fourth-order valence-electron chi connectivity index (χ4n) is 1.87. The van der Waals surface area contributed by atoms with Crippen molar-refractivity contribution in [2.75, 3.05) is 0 Å². The molecular weight excluding hydrogens is 238 g/mol. The van der Waals surface area contributed by atoms with Crippen molar-refractivity contribution in [2.45, 2.75) is 19.3 Å². The summed E-state index contributed by atoms with van der Waals surface area (Å²) >= 11 is 0. The van der Waals surface area contributed by atoms with Gasteiger partial charge in [0, 0.05) is 0 Å². The largest absolute Gasteiger partial charge is 1.00 e. The Morgan fingerprint density at radius 3 is 1.78 bits per heavy atom. The first-order valence-corrected chi connectivity index (χ1v) is 4.96. The second-order valence-corrected chi connectivity index (χ2v) is 3.94. The summed E-state index contributed by atoms with van der Waals surface area (Å²) in [6.07, 6.45) is 0. The van der Waals surface area contributed by atoms with Crippen LogP contribution < -0.4 is 48.4 Å². The van der Waals surface area contributed by atoms with Crippen LogP contribution in [0.3, 0.4) is 0 Å². The summed E-state index contributed by atoms with van der Waals surface area (Å²) in [4.78, 5) is 22.6. The minimum Gasteiger partial charge on any atom is -1.00 e. The third-order valence-electron chi connectivity index (χ3n) is 2.77. The molecule has 0 unspecified atom stereocenters. The Bertz CT molecular complexity index is 401. The first kappa shape index (κ1) is 20.1. The zero-order valence-electron chi connectivity index (χ0n) is 13.2. The molecule has 0 radical (unpaired) electrons. The molecule has 1 rings (SSSR count). The van der Waals surface area contributed by atoms with Gasteiger partial charge >= 0.3 is 60.4 Å². The Morgan fingerprint density at radius 1 is 1.11 bits per heavy atom. The maximum Gasteiger partial charge on any atom is 1.00 e. The van der Waals surface area contributed by atoms with Crippen molar-refractivity contribution in [3.8, 4) is 0 Å². The predicted molar refractivity (Wildman–Crippen MR) is 60.5 cm³/mol. The van der Waals surface area contributed by atoms with Gasteiger partial charge in [0.1, 0.15) is 0 Å². The van der Waals surface area contributed by atoms with Crippen LogP contribution in [-0.2, 0) is 15.0 Å². The van der Waals surface area contributed by atoms with Gasteiger partial charge in [-0.15, -0.1) is 0 Å². The molecule has 1 aromatic rings. The van der Waals surface area contributed by atoms with Crippen LogP contribution in [0, 0.1) is 5.92 Å². The van der Waals surface area contributed by atoms with Crippen molar-refractivity contribution in [1.82, 2.24) is 0 Å². The fourth-order valence-corrected chi connectivity index (χ4v) is 1.87. The Morgan fingerprint density at radius 2 is 1.50 bits per heavy atom. The molecule has 18 heavy (non-hydrogen) atoms. The average Bonchev–Trinajstić information content (AvgIpc) is 2.18. The van der Waals surface area contributed by atoms with Gasteiger partial charge in [0.25, 0.3) is 0 Å². The molecule has 0 saturated carbocycles. The van der Waals surface area contributed by atoms with Crippen molar-refractivity contribution >= 4 is 11.9 Å². The van der Waals surface area contributed by atoms with Crippen molar-refractivity contribution in [3.05, 3.63) is 35.9 Å². The van der Waals surface area contributed by atoms with Crippen LogP contribution >= 0.6 is 0 Å². The summed E-state index contributed by atoms with van der Waals surface area (Å²) < 4.78 is 0. The predicted octanol–water partition coefficient (Wildman–Crippen LogP) is -4.02. The summed E-state index contributed by atoms with van der Waals surface area (Å²) in [5.74, 6) is -3.20. The standard InChI is InChI=1S/C12H14O4.Li.Na.2H/c1-8(2)12(10(13)14,11(15)16)9-6-4-3-5-7-9;;;;/h3-8H,1-2H3,(H,13,14)(H,15,16);;;;/q;2*+1;2*-1. The minimum absolute atomic E-state index is 0. The number of carbonyl (C=O) groups is 2. The molecule has 0 spiro atoms. The van der Waals surface area contributed by atoms with E-state index in [0.717, 1.165) is 0 Å². The van der Waals surface area contributed by atoms with Gasteiger partial charge in [-0.1, -0.05) is 44.2 Å². The molecule has 4 nitrogen and oxygen atoms in total. The second-order valence-electron chi connectivity index (χ2n) is 3.94. The number of carboxylic acids is 2. The first-order valence-electron chi connectivity index (χ1n) is 4.96. The number of hydrogen-bond acceptors (Lipinski definition) is 2. The van der Waals surface area contributed by atoms with E-state index in [0.29, 0.717) is 5.56 Å². The first-order chi connectivity index (χ1) is 7.44.